The molecule has 0 aliphatic carbocycles. The van der Waals surface area contributed by atoms with Gasteiger partial charge in [0.2, 0.25) is 0 Å². The second-order valence-electron chi connectivity index (χ2n) is 7.40. The summed E-state index contributed by atoms with van der Waals surface area (Å²) in [4.78, 5) is 30.3. The average Bonchev–Trinajstić information content (AvgIpc) is 3.13. The number of benzene rings is 3. The highest BCUT2D eigenvalue weighted by molar-refractivity contribution is 5.97. The highest BCUT2D eigenvalue weighted by Gasteiger charge is 2.21. The number of Topliss-reactive ketones (excluding diaryl/α,β-unsaturated/α-hetero) is 1. The zero-order valence-electron chi connectivity index (χ0n) is 17.0. The molecular formula is C25H23N3O2. The molecule has 0 aliphatic heterocycles. The SMILES string of the molecule is Cc1ccc(C(=O)NC(C)c2nc3ccccc3n2CC(=O)c2ccccc2)cc1. The summed E-state index contributed by atoms with van der Waals surface area (Å²) in [7, 11) is 0. The van der Waals surface area contributed by atoms with Crippen molar-refractivity contribution in [2.45, 2.75) is 26.4 Å². The number of aryl methyl sites for hydroxylation is 1. The fourth-order valence-corrected chi connectivity index (χ4v) is 3.50. The molecule has 1 unspecified atom stereocenters. The molecular weight excluding hydrogens is 374 g/mol. The van der Waals surface area contributed by atoms with Crippen molar-refractivity contribution in [3.8, 4) is 0 Å². The third kappa shape index (κ3) is 4.01. The van der Waals surface area contributed by atoms with Crippen LogP contribution in [0.1, 0.15) is 45.1 Å². The van der Waals surface area contributed by atoms with Crippen LogP contribution in [0.15, 0.2) is 78.9 Å². The summed E-state index contributed by atoms with van der Waals surface area (Å²) in [6, 6.07) is 24.0. The summed E-state index contributed by atoms with van der Waals surface area (Å²) in [6.07, 6.45) is 0. The van der Waals surface area contributed by atoms with Crippen LogP contribution in [0.4, 0.5) is 0 Å². The van der Waals surface area contributed by atoms with Crippen LogP contribution in [0.3, 0.4) is 0 Å². The number of ketones is 1. The molecule has 0 bridgehead atoms. The van der Waals surface area contributed by atoms with E-state index in [-0.39, 0.29) is 24.3 Å². The molecule has 1 heterocycles. The van der Waals surface area contributed by atoms with Gasteiger partial charge in [-0.1, -0.05) is 60.2 Å². The molecule has 0 aliphatic rings. The van der Waals surface area contributed by atoms with E-state index in [1.54, 1.807) is 12.1 Å². The van der Waals surface area contributed by atoms with Crippen LogP contribution in [0.25, 0.3) is 11.0 Å². The predicted octanol–water partition coefficient (Wildman–Crippen LogP) is 4.72. The van der Waals surface area contributed by atoms with Crippen molar-refractivity contribution in [3.05, 3.63) is 101 Å². The molecule has 1 amide bonds. The number of hydrogen-bond donors (Lipinski definition) is 1. The Morgan fingerprint density at radius 1 is 0.900 bits per heavy atom. The van der Waals surface area contributed by atoms with Gasteiger partial charge in [-0.25, -0.2) is 4.98 Å². The number of fused-ring (bicyclic) bond motifs is 1. The number of imidazole rings is 1. The van der Waals surface area contributed by atoms with E-state index < -0.39 is 0 Å². The first-order valence-corrected chi connectivity index (χ1v) is 9.94. The Morgan fingerprint density at radius 3 is 2.30 bits per heavy atom. The lowest BCUT2D eigenvalue weighted by Gasteiger charge is -2.16. The number of nitrogens with one attached hydrogen (secondary N) is 1. The van der Waals surface area contributed by atoms with E-state index in [4.69, 9.17) is 4.98 Å². The Kier molecular flexibility index (Phi) is 5.44. The van der Waals surface area contributed by atoms with Gasteiger partial charge in [0.1, 0.15) is 5.82 Å². The number of para-hydroxylation sites is 2. The first-order chi connectivity index (χ1) is 14.5. The van der Waals surface area contributed by atoms with E-state index in [1.165, 1.54) is 0 Å². The summed E-state index contributed by atoms with van der Waals surface area (Å²) in [5.74, 6) is 0.480. The zero-order valence-corrected chi connectivity index (χ0v) is 17.0. The molecule has 30 heavy (non-hydrogen) atoms. The molecule has 1 aromatic heterocycles. The van der Waals surface area contributed by atoms with E-state index in [2.05, 4.69) is 5.32 Å². The topological polar surface area (TPSA) is 64.0 Å². The minimum atomic E-state index is -0.366. The molecule has 0 spiro atoms. The fourth-order valence-electron chi connectivity index (χ4n) is 3.50. The first kappa shape index (κ1) is 19.6. The summed E-state index contributed by atoms with van der Waals surface area (Å²) in [6.45, 7) is 4.03. The maximum Gasteiger partial charge on any atom is 0.251 e. The second kappa shape index (κ2) is 8.33. The van der Waals surface area contributed by atoms with Crippen LogP contribution in [0.2, 0.25) is 0 Å². The predicted molar refractivity (Wildman–Crippen MR) is 118 cm³/mol. The molecule has 5 heteroatoms. The van der Waals surface area contributed by atoms with Crippen LogP contribution < -0.4 is 5.32 Å². The van der Waals surface area contributed by atoms with Gasteiger partial charge >= 0.3 is 0 Å². The molecule has 0 fully saturated rings. The van der Waals surface area contributed by atoms with E-state index in [0.717, 1.165) is 16.6 Å². The molecule has 0 saturated heterocycles. The lowest BCUT2D eigenvalue weighted by atomic mass is 10.1. The molecule has 4 aromatic rings. The van der Waals surface area contributed by atoms with Gasteiger partial charge in [-0.2, -0.15) is 0 Å². The Balaban J connectivity index is 1.64. The molecule has 5 nitrogen and oxygen atoms in total. The number of aromatic nitrogens is 2. The van der Waals surface area contributed by atoms with Gasteiger partial charge in [0.05, 0.1) is 23.6 Å². The lowest BCUT2D eigenvalue weighted by Crippen LogP contribution is -2.29. The van der Waals surface area contributed by atoms with Crippen molar-refractivity contribution in [2.75, 3.05) is 0 Å². The number of carbonyl (C=O) groups excluding carboxylic acids is 2. The van der Waals surface area contributed by atoms with Crippen molar-refractivity contribution < 1.29 is 9.59 Å². The number of carbonyl (C=O) groups is 2. The fraction of sp³-hybridized carbons (Fsp3) is 0.160. The number of nitrogens with zero attached hydrogens (tertiary/aromatic N) is 2. The maximum atomic E-state index is 12.9. The minimum absolute atomic E-state index is 0.00272. The van der Waals surface area contributed by atoms with Gasteiger partial charge in [0, 0.05) is 11.1 Å². The zero-order chi connectivity index (χ0) is 21.1. The minimum Gasteiger partial charge on any atom is -0.342 e. The Morgan fingerprint density at radius 2 is 1.57 bits per heavy atom. The van der Waals surface area contributed by atoms with Gasteiger partial charge in [0.25, 0.3) is 5.91 Å². The Hall–Kier alpha value is -3.73. The molecule has 0 radical (unpaired) electrons. The third-order valence-electron chi connectivity index (χ3n) is 5.13. The number of rotatable bonds is 6. The van der Waals surface area contributed by atoms with E-state index >= 15 is 0 Å². The van der Waals surface area contributed by atoms with Crippen molar-refractivity contribution in [1.82, 2.24) is 14.9 Å². The van der Waals surface area contributed by atoms with E-state index in [9.17, 15) is 9.59 Å². The van der Waals surface area contributed by atoms with E-state index in [0.29, 0.717) is 17.0 Å². The summed E-state index contributed by atoms with van der Waals surface area (Å²) < 4.78 is 1.89. The van der Waals surface area contributed by atoms with Gasteiger partial charge in [-0.15, -0.1) is 0 Å². The van der Waals surface area contributed by atoms with Crippen LogP contribution in [-0.4, -0.2) is 21.2 Å². The highest BCUT2D eigenvalue weighted by atomic mass is 16.1. The summed E-state index contributed by atoms with van der Waals surface area (Å²) in [5.41, 5.74) is 4.01. The van der Waals surface area contributed by atoms with Gasteiger partial charge in [0.15, 0.2) is 5.78 Å². The standard InChI is InChI=1S/C25H23N3O2/c1-17-12-14-20(15-13-17)25(30)26-18(2)24-27-21-10-6-7-11-22(21)28(24)16-23(29)19-8-4-3-5-9-19/h3-15,18H,16H2,1-2H3,(H,26,30). The van der Waals surface area contributed by atoms with E-state index in [1.807, 2.05) is 85.1 Å². The lowest BCUT2D eigenvalue weighted by molar-refractivity contribution is 0.0937. The van der Waals surface area contributed by atoms with Gasteiger partial charge < -0.3 is 9.88 Å². The maximum absolute atomic E-state index is 12.9. The molecule has 3 aromatic carbocycles. The van der Waals surface area contributed by atoms with Crippen LogP contribution in [0, 0.1) is 6.92 Å². The number of amides is 1. The van der Waals surface area contributed by atoms with Crippen molar-refractivity contribution in [1.29, 1.82) is 0 Å². The van der Waals surface area contributed by atoms with Crippen molar-refractivity contribution >= 4 is 22.7 Å². The quantitative estimate of drug-likeness (QED) is 0.479. The Labute approximate surface area is 175 Å². The van der Waals surface area contributed by atoms with Gasteiger partial charge in [-0.3, -0.25) is 9.59 Å². The monoisotopic (exact) mass is 397 g/mol. The largest absolute Gasteiger partial charge is 0.342 e. The van der Waals surface area contributed by atoms with Crippen molar-refractivity contribution in [2.24, 2.45) is 0 Å². The summed E-state index contributed by atoms with van der Waals surface area (Å²) >= 11 is 0. The first-order valence-electron chi connectivity index (χ1n) is 9.94. The molecule has 0 saturated carbocycles. The highest BCUT2D eigenvalue weighted by Crippen LogP contribution is 2.22. The number of hydrogen-bond acceptors (Lipinski definition) is 3. The van der Waals surface area contributed by atoms with Gasteiger partial charge in [-0.05, 0) is 38.1 Å². The molecule has 1 N–H and O–H groups in total. The molecule has 1 atom stereocenters. The van der Waals surface area contributed by atoms with Crippen LogP contribution in [0.5, 0.6) is 0 Å². The Bertz CT molecular complexity index is 1190. The van der Waals surface area contributed by atoms with Crippen LogP contribution in [-0.2, 0) is 6.54 Å². The molecule has 150 valence electrons. The van der Waals surface area contributed by atoms with Crippen LogP contribution >= 0.6 is 0 Å². The molecule has 4 rings (SSSR count). The van der Waals surface area contributed by atoms with Crippen molar-refractivity contribution in [3.63, 3.8) is 0 Å². The second-order valence-corrected chi connectivity index (χ2v) is 7.40. The smallest absolute Gasteiger partial charge is 0.251 e. The third-order valence-corrected chi connectivity index (χ3v) is 5.13. The normalized spacial score (nSPS) is 11.9. The average molecular weight is 397 g/mol. The summed E-state index contributed by atoms with van der Waals surface area (Å²) in [5, 5.41) is 3.01.